The van der Waals surface area contributed by atoms with Gasteiger partial charge in [-0.25, -0.2) is 4.79 Å². The molecule has 0 spiro atoms. The van der Waals surface area contributed by atoms with E-state index in [1.54, 1.807) is 19.2 Å². The van der Waals surface area contributed by atoms with E-state index < -0.39 is 0 Å². The molecule has 0 aliphatic rings. The summed E-state index contributed by atoms with van der Waals surface area (Å²) in [5.74, 6) is -0.0506. The Morgan fingerprint density at radius 1 is 1.19 bits per heavy atom. The molecule has 0 saturated carbocycles. The molecule has 0 unspecified atom stereocenters. The van der Waals surface area contributed by atoms with Crippen molar-refractivity contribution in [3.05, 3.63) is 29.8 Å². The summed E-state index contributed by atoms with van der Waals surface area (Å²) in [6.07, 6.45) is 0.308. The molecule has 0 heterocycles. The molecule has 1 rings (SSSR count). The Balaban J connectivity index is 2.43. The van der Waals surface area contributed by atoms with Gasteiger partial charge in [0.25, 0.3) is 0 Å². The Kier molecular flexibility index (Phi) is 7.25. The first kappa shape index (κ1) is 17.0. The number of nitrogens with one attached hydrogen (secondary N) is 3. The van der Waals surface area contributed by atoms with E-state index in [1.165, 1.54) is 0 Å². The van der Waals surface area contributed by atoms with Gasteiger partial charge in [-0.15, -0.1) is 0 Å². The summed E-state index contributed by atoms with van der Waals surface area (Å²) in [6, 6.07) is 7.03. The summed E-state index contributed by atoms with van der Waals surface area (Å²) in [6.45, 7) is 4.79. The van der Waals surface area contributed by atoms with E-state index in [9.17, 15) is 9.59 Å². The third-order valence-electron chi connectivity index (χ3n) is 2.62. The molecule has 0 bridgehead atoms. The van der Waals surface area contributed by atoms with Crippen molar-refractivity contribution in [1.29, 1.82) is 0 Å². The monoisotopic (exact) mass is 293 g/mol. The molecule has 0 aromatic heterocycles. The fraction of sp³-hybridized carbons (Fsp3) is 0.467. The van der Waals surface area contributed by atoms with E-state index in [1.807, 2.05) is 26.0 Å². The van der Waals surface area contributed by atoms with Gasteiger partial charge >= 0.3 is 6.03 Å². The first-order chi connectivity index (χ1) is 10.0. The van der Waals surface area contributed by atoms with E-state index in [0.717, 1.165) is 5.56 Å². The number of hydrogen-bond acceptors (Lipinski definition) is 3. The van der Waals surface area contributed by atoms with Gasteiger partial charge in [0.2, 0.25) is 5.91 Å². The van der Waals surface area contributed by atoms with Crippen LogP contribution in [-0.2, 0) is 16.0 Å². The van der Waals surface area contributed by atoms with Gasteiger partial charge in [0.1, 0.15) is 0 Å². The normalized spacial score (nSPS) is 10.3. The number of rotatable bonds is 7. The minimum atomic E-state index is -0.241. The first-order valence-corrected chi connectivity index (χ1v) is 6.93. The molecule has 1 aromatic rings. The number of carbonyl (C=O) groups is 2. The first-order valence-electron chi connectivity index (χ1n) is 6.93. The van der Waals surface area contributed by atoms with Crippen LogP contribution >= 0.6 is 0 Å². The second-order valence-electron chi connectivity index (χ2n) is 4.97. The molecule has 0 saturated heterocycles. The second kappa shape index (κ2) is 8.97. The number of urea groups is 1. The molecule has 6 nitrogen and oxygen atoms in total. The lowest BCUT2D eigenvalue weighted by molar-refractivity contribution is -0.120. The van der Waals surface area contributed by atoms with Crippen molar-refractivity contribution in [3.8, 4) is 0 Å². The smallest absolute Gasteiger partial charge is 0.319 e. The van der Waals surface area contributed by atoms with Crippen molar-refractivity contribution < 1.29 is 14.3 Å². The van der Waals surface area contributed by atoms with E-state index in [2.05, 4.69) is 16.0 Å². The third kappa shape index (κ3) is 7.31. The predicted octanol–water partition coefficient (Wildman–Crippen LogP) is 1.52. The van der Waals surface area contributed by atoms with Crippen LogP contribution in [0.4, 0.5) is 10.5 Å². The summed E-state index contributed by atoms with van der Waals surface area (Å²) >= 11 is 0. The average Bonchev–Trinajstić information content (AvgIpc) is 2.40. The van der Waals surface area contributed by atoms with Crippen LogP contribution in [0.25, 0.3) is 0 Å². The third-order valence-corrected chi connectivity index (χ3v) is 2.62. The lowest BCUT2D eigenvalue weighted by atomic mass is 10.1. The summed E-state index contributed by atoms with van der Waals surface area (Å²) < 4.78 is 4.86. The highest BCUT2D eigenvalue weighted by Crippen LogP contribution is 2.10. The van der Waals surface area contributed by atoms with E-state index in [-0.39, 0.29) is 18.0 Å². The van der Waals surface area contributed by atoms with E-state index in [4.69, 9.17) is 4.74 Å². The van der Waals surface area contributed by atoms with Crippen LogP contribution in [0.1, 0.15) is 19.4 Å². The zero-order valence-corrected chi connectivity index (χ0v) is 12.7. The van der Waals surface area contributed by atoms with Crippen molar-refractivity contribution in [1.82, 2.24) is 10.6 Å². The van der Waals surface area contributed by atoms with Crippen LogP contribution < -0.4 is 16.0 Å². The zero-order valence-electron chi connectivity index (χ0n) is 12.7. The van der Waals surface area contributed by atoms with Gasteiger partial charge in [0.15, 0.2) is 0 Å². The van der Waals surface area contributed by atoms with E-state index >= 15 is 0 Å². The molecular weight excluding hydrogens is 270 g/mol. The van der Waals surface area contributed by atoms with Crippen molar-refractivity contribution in [2.45, 2.75) is 26.3 Å². The standard InChI is InChI=1S/C15H23N3O3/c1-11(2)17-15(20)18-13-6-4-12(5-7-13)10-14(19)16-8-9-21-3/h4-7,11H,8-10H2,1-3H3,(H,16,19)(H2,17,18,20). The van der Waals surface area contributed by atoms with Crippen LogP contribution in [0, 0.1) is 0 Å². The number of anilines is 1. The molecule has 0 fully saturated rings. The van der Waals surface area contributed by atoms with Gasteiger partial charge in [-0.1, -0.05) is 12.1 Å². The Hall–Kier alpha value is -2.08. The summed E-state index contributed by atoms with van der Waals surface area (Å²) in [5, 5.41) is 8.23. The summed E-state index contributed by atoms with van der Waals surface area (Å²) in [4.78, 5) is 23.2. The maximum Gasteiger partial charge on any atom is 0.319 e. The van der Waals surface area contributed by atoms with Crippen molar-refractivity contribution in [2.75, 3.05) is 25.6 Å². The minimum Gasteiger partial charge on any atom is -0.383 e. The molecule has 1 aromatic carbocycles. The molecular formula is C15H23N3O3. The summed E-state index contributed by atoms with van der Waals surface area (Å²) in [7, 11) is 1.59. The van der Waals surface area contributed by atoms with Crippen molar-refractivity contribution in [3.63, 3.8) is 0 Å². The number of hydrogen-bond donors (Lipinski definition) is 3. The predicted molar refractivity (Wildman–Crippen MR) is 82.3 cm³/mol. The van der Waals surface area contributed by atoms with Crippen LogP contribution in [0.2, 0.25) is 0 Å². The summed E-state index contributed by atoms with van der Waals surface area (Å²) in [5.41, 5.74) is 1.58. The Labute approximate surface area is 125 Å². The zero-order chi connectivity index (χ0) is 15.7. The molecule has 0 radical (unpaired) electrons. The lowest BCUT2D eigenvalue weighted by Crippen LogP contribution is -2.34. The second-order valence-corrected chi connectivity index (χ2v) is 4.97. The van der Waals surface area contributed by atoms with Gasteiger partial charge in [-0.2, -0.15) is 0 Å². The highest BCUT2D eigenvalue weighted by atomic mass is 16.5. The topological polar surface area (TPSA) is 79.5 Å². The van der Waals surface area contributed by atoms with Gasteiger partial charge < -0.3 is 20.7 Å². The number of amides is 3. The van der Waals surface area contributed by atoms with Gasteiger partial charge in [0.05, 0.1) is 13.0 Å². The van der Waals surface area contributed by atoms with E-state index in [0.29, 0.717) is 25.3 Å². The number of methoxy groups -OCH3 is 1. The van der Waals surface area contributed by atoms with Crippen LogP contribution in [0.5, 0.6) is 0 Å². The van der Waals surface area contributed by atoms with Gasteiger partial charge in [0, 0.05) is 25.4 Å². The highest BCUT2D eigenvalue weighted by molar-refractivity contribution is 5.89. The SMILES string of the molecule is COCCNC(=O)Cc1ccc(NC(=O)NC(C)C)cc1. The minimum absolute atomic E-state index is 0.0506. The molecule has 21 heavy (non-hydrogen) atoms. The molecule has 6 heteroatoms. The largest absolute Gasteiger partial charge is 0.383 e. The Morgan fingerprint density at radius 2 is 1.86 bits per heavy atom. The molecule has 0 aliphatic carbocycles. The number of carbonyl (C=O) groups excluding carboxylic acids is 2. The van der Waals surface area contributed by atoms with Crippen LogP contribution in [0.3, 0.4) is 0 Å². The Morgan fingerprint density at radius 3 is 2.43 bits per heavy atom. The van der Waals surface area contributed by atoms with Gasteiger partial charge in [-0.3, -0.25) is 4.79 Å². The number of benzene rings is 1. The maximum atomic E-state index is 11.6. The van der Waals surface area contributed by atoms with Gasteiger partial charge in [-0.05, 0) is 31.5 Å². The molecule has 3 N–H and O–H groups in total. The average molecular weight is 293 g/mol. The fourth-order valence-corrected chi connectivity index (χ4v) is 1.68. The van der Waals surface area contributed by atoms with Crippen molar-refractivity contribution in [2.24, 2.45) is 0 Å². The maximum absolute atomic E-state index is 11.6. The van der Waals surface area contributed by atoms with Crippen LogP contribution in [0.15, 0.2) is 24.3 Å². The number of ether oxygens (including phenoxy) is 1. The molecule has 0 aliphatic heterocycles. The molecule has 0 atom stereocenters. The highest BCUT2D eigenvalue weighted by Gasteiger charge is 2.05. The fourth-order valence-electron chi connectivity index (χ4n) is 1.68. The molecule has 116 valence electrons. The quantitative estimate of drug-likeness (QED) is 0.667. The Bertz CT molecular complexity index is 458. The lowest BCUT2D eigenvalue weighted by Gasteiger charge is -2.10. The van der Waals surface area contributed by atoms with Crippen LogP contribution in [-0.4, -0.2) is 38.2 Å². The van der Waals surface area contributed by atoms with Crippen molar-refractivity contribution >= 4 is 17.6 Å². The molecule has 3 amide bonds.